The van der Waals surface area contributed by atoms with Gasteiger partial charge in [-0.05, 0) is 62.2 Å². The average molecular weight is 306 g/mol. The van der Waals surface area contributed by atoms with E-state index in [2.05, 4.69) is 6.92 Å². The quantitative estimate of drug-likeness (QED) is 0.602. The average Bonchev–Trinajstić information content (AvgIpc) is 2.53. The van der Waals surface area contributed by atoms with Crippen LogP contribution >= 0.6 is 0 Å². The summed E-state index contributed by atoms with van der Waals surface area (Å²) < 4.78 is 0. The molecule has 0 heterocycles. The van der Waals surface area contributed by atoms with Crippen LogP contribution in [0, 0.1) is 23.7 Å². The predicted molar refractivity (Wildman–Crippen MR) is 91.8 cm³/mol. The Morgan fingerprint density at radius 3 is 1.86 bits per heavy atom. The van der Waals surface area contributed by atoms with Crippen molar-refractivity contribution in [3.63, 3.8) is 0 Å². The standard InChI is InChI=1S/C20H34O2/c1-2-5-16-8-12-18(13-9-16)19-14-10-17(11-15-19)6-3-4-7-20(21)22/h4,7,16-19H,2-3,5-6,8-15H2,1H3,(H,21,22). The van der Waals surface area contributed by atoms with Crippen molar-refractivity contribution >= 4 is 5.97 Å². The zero-order valence-corrected chi connectivity index (χ0v) is 14.3. The first-order valence-electron chi connectivity index (χ1n) is 9.58. The lowest BCUT2D eigenvalue weighted by Crippen LogP contribution is -2.25. The van der Waals surface area contributed by atoms with Crippen LogP contribution in [0.15, 0.2) is 12.2 Å². The first-order valence-corrected chi connectivity index (χ1v) is 9.58. The smallest absolute Gasteiger partial charge is 0.327 e. The molecule has 2 aliphatic rings. The van der Waals surface area contributed by atoms with E-state index in [4.69, 9.17) is 5.11 Å². The third kappa shape index (κ3) is 5.78. The Labute approximate surface area is 136 Å². The molecule has 0 aliphatic heterocycles. The van der Waals surface area contributed by atoms with Gasteiger partial charge in [-0.3, -0.25) is 0 Å². The Bertz CT molecular complexity index is 345. The van der Waals surface area contributed by atoms with Crippen molar-refractivity contribution in [3.05, 3.63) is 12.2 Å². The first kappa shape index (κ1) is 17.6. The van der Waals surface area contributed by atoms with E-state index in [0.717, 1.165) is 30.1 Å². The van der Waals surface area contributed by atoms with Crippen molar-refractivity contribution in [1.29, 1.82) is 0 Å². The van der Waals surface area contributed by atoms with Crippen molar-refractivity contribution in [3.8, 4) is 0 Å². The molecule has 1 N–H and O–H groups in total. The molecule has 0 atom stereocenters. The molecule has 0 saturated heterocycles. The topological polar surface area (TPSA) is 37.3 Å². The van der Waals surface area contributed by atoms with E-state index in [-0.39, 0.29) is 0 Å². The van der Waals surface area contributed by atoms with Gasteiger partial charge in [0.2, 0.25) is 0 Å². The van der Waals surface area contributed by atoms with Gasteiger partial charge in [-0.1, -0.05) is 51.5 Å². The lowest BCUT2D eigenvalue weighted by molar-refractivity contribution is -0.131. The molecule has 2 heteroatoms. The fourth-order valence-corrected chi connectivity index (χ4v) is 4.82. The number of carboxylic acid groups (broad SMARTS) is 1. The Hall–Kier alpha value is -0.790. The van der Waals surface area contributed by atoms with Crippen LogP contribution in [0.3, 0.4) is 0 Å². The normalized spacial score (nSPS) is 33.1. The maximum absolute atomic E-state index is 10.4. The fourth-order valence-electron chi connectivity index (χ4n) is 4.82. The number of allylic oxidation sites excluding steroid dienone is 1. The second-order valence-corrected chi connectivity index (χ2v) is 7.67. The SMILES string of the molecule is CCCC1CCC(C2CCC(CCC=CC(=O)O)CC2)CC1. The van der Waals surface area contributed by atoms with Crippen LogP contribution in [-0.4, -0.2) is 11.1 Å². The molecule has 2 aliphatic carbocycles. The van der Waals surface area contributed by atoms with Crippen molar-refractivity contribution in [2.75, 3.05) is 0 Å². The summed E-state index contributed by atoms with van der Waals surface area (Å²) in [5.74, 6) is 3.06. The highest BCUT2D eigenvalue weighted by Crippen LogP contribution is 2.42. The van der Waals surface area contributed by atoms with Gasteiger partial charge in [0.25, 0.3) is 0 Å². The van der Waals surface area contributed by atoms with Gasteiger partial charge < -0.3 is 5.11 Å². The molecule has 2 nitrogen and oxygen atoms in total. The molecule has 0 aromatic heterocycles. The van der Waals surface area contributed by atoms with Crippen LogP contribution in [0.2, 0.25) is 0 Å². The lowest BCUT2D eigenvalue weighted by Gasteiger charge is -2.38. The molecule has 2 fully saturated rings. The van der Waals surface area contributed by atoms with Crippen LogP contribution < -0.4 is 0 Å². The van der Waals surface area contributed by atoms with Crippen molar-refractivity contribution < 1.29 is 9.90 Å². The Morgan fingerprint density at radius 1 is 0.909 bits per heavy atom. The van der Waals surface area contributed by atoms with Gasteiger partial charge in [0, 0.05) is 6.08 Å². The minimum atomic E-state index is -0.817. The van der Waals surface area contributed by atoms with E-state index in [0.29, 0.717) is 0 Å². The minimum absolute atomic E-state index is 0.817. The zero-order valence-electron chi connectivity index (χ0n) is 14.3. The number of hydrogen-bond donors (Lipinski definition) is 1. The Kier molecular flexibility index (Phi) is 7.48. The molecule has 0 amide bonds. The lowest BCUT2D eigenvalue weighted by atomic mass is 9.68. The van der Waals surface area contributed by atoms with Gasteiger partial charge in [0.1, 0.15) is 0 Å². The summed E-state index contributed by atoms with van der Waals surface area (Å²) in [5.41, 5.74) is 0. The van der Waals surface area contributed by atoms with Gasteiger partial charge in [-0.15, -0.1) is 0 Å². The number of hydrogen-bond acceptors (Lipinski definition) is 1. The van der Waals surface area contributed by atoms with Crippen molar-refractivity contribution in [2.45, 2.75) is 84.0 Å². The number of carbonyl (C=O) groups is 1. The van der Waals surface area contributed by atoms with Crippen LogP contribution in [0.5, 0.6) is 0 Å². The summed E-state index contributed by atoms with van der Waals surface area (Å²) in [6.07, 6.45) is 19.6. The highest BCUT2D eigenvalue weighted by Gasteiger charge is 2.30. The van der Waals surface area contributed by atoms with E-state index >= 15 is 0 Å². The van der Waals surface area contributed by atoms with E-state index < -0.39 is 5.97 Å². The van der Waals surface area contributed by atoms with Gasteiger partial charge >= 0.3 is 5.97 Å². The number of rotatable bonds is 7. The fraction of sp³-hybridized carbons (Fsp3) is 0.850. The second-order valence-electron chi connectivity index (χ2n) is 7.67. The van der Waals surface area contributed by atoms with Crippen LogP contribution in [-0.2, 0) is 4.79 Å². The monoisotopic (exact) mass is 306 g/mol. The van der Waals surface area contributed by atoms with Gasteiger partial charge in [0.15, 0.2) is 0 Å². The van der Waals surface area contributed by atoms with Crippen LogP contribution in [0.1, 0.15) is 84.0 Å². The van der Waals surface area contributed by atoms with Crippen LogP contribution in [0.25, 0.3) is 0 Å². The largest absolute Gasteiger partial charge is 0.478 e. The third-order valence-corrected chi connectivity index (χ3v) is 6.15. The highest BCUT2D eigenvalue weighted by molar-refractivity contribution is 5.79. The molecule has 0 unspecified atom stereocenters. The molecule has 0 aromatic rings. The molecule has 126 valence electrons. The maximum Gasteiger partial charge on any atom is 0.327 e. The van der Waals surface area contributed by atoms with Crippen LogP contribution in [0.4, 0.5) is 0 Å². The zero-order chi connectivity index (χ0) is 15.8. The predicted octanol–water partition coefficient (Wildman–Crippen LogP) is 5.82. The molecule has 0 radical (unpaired) electrons. The van der Waals surface area contributed by atoms with Crippen molar-refractivity contribution in [1.82, 2.24) is 0 Å². The maximum atomic E-state index is 10.4. The summed E-state index contributed by atoms with van der Waals surface area (Å²) >= 11 is 0. The molecule has 2 saturated carbocycles. The minimum Gasteiger partial charge on any atom is -0.478 e. The van der Waals surface area contributed by atoms with E-state index in [1.165, 1.54) is 76.7 Å². The van der Waals surface area contributed by atoms with Gasteiger partial charge in [-0.25, -0.2) is 4.79 Å². The van der Waals surface area contributed by atoms with Gasteiger partial charge in [-0.2, -0.15) is 0 Å². The molecule has 0 bridgehead atoms. The molecular formula is C20H34O2. The molecule has 2 rings (SSSR count). The summed E-state index contributed by atoms with van der Waals surface area (Å²) in [6.45, 7) is 2.32. The molecule has 0 aromatic carbocycles. The van der Waals surface area contributed by atoms with E-state index in [9.17, 15) is 4.79 Å². The summed E-state index contributed by atoms with van der Waals surface area (Å²) in [4.78, 5) is 10.4. The summed E-state index contributed by atoms with van der Waals surface area (Å²) in [6, 6.07) is 0. The summed E-state index contributed by atoms with van der Waals surface area (Å²) in [7, 11) is 0. The molecular weight excluding hydrogens is 272 g/mol. The number of aliphatic carboxylic acids is 1. The van der Waals surface area contributed by atoms with Crippen molar-refractivity contribution in [2.24, 2.45) is 23.7 Å². The first-order chi connectivity index (χ1) is 10.7. The highest BCUT2D eigenvalue weighted by atomic mass is 16.4. The molecule has 22 heavy (non-hydrogen) atoms. The van der Waals surface area contributed by atoms with Gasteiger partial charge in [0.05, 0.1) is 0 Å². The molecule has 0 spiro atoms. The van der Waals surface area contributed by atoms with E-state index in [1.54, 1.807) is 0 Å². The number of carboxylic acids is 1. The van der Waals surface area contributed by atoms with E-state index in [1.807, 2.05) is 6.08 Å². The Morgan fingerprint density at radius 2 is 1.41 bits per heavy atom. The third-order valence-electron chi connectivity index (χ3n) is 6.15. The summed E-state index contributed by atoms with van der Waals surface area (Å²) in [5, 5.41) is 8.59. The second kappa shape index (κ2) is 9.37. The Balaban J connectivity index is 1.62.